The molecule has 1 aromatic carbocycles. The fourth-order valence-corrected chi connectivity index (χ4v) is 1.75. The van der Waals surface area contributed by atoms with Crippen LogP contribution in [-0.4, -0.2) is 6.18 Å². The van der Waals surface area contributed by atoms with Crippen LogP contribution < -0.4 is 5.73 Å². The van der Waals surface area contributed by atoms with E-state index in [0.29, 0.717) is 12.1 Å². The molecule has 0 unspecified atom stereocenters. The summed E-state index contributed by atoms with van der Waals surface area (Å²) in [6, 6.07) is -0.796. The molecule has 0 heterocycles. The molecule has 0 aromatic heterocycles. The first-order valence-corrected chi connectivity index (χ1v) is 5.68. The quantitative estimate of drug-likeness (QED) is 0.791. The van der Waals surface area contributed by atoms with E-state index in [9.17, 15) is 30.7 Å². The Kier molecular flexibility index (Phi) is 4.91. The highest BCUT2D eigenvalue weighted by atomic mass is 35.5. The zero-order chi connectivity index (χ0) is 15.7. The van der Waals surface area contributed by atoms with Crippen molar-refractivity contribution in [3.05, 3.63) is 34.1 Å². The fraction of sp³-hybridized carbons (Fsp3) is 0.455. The van der Waals surface area contributed by atoms with Crippen LogP contribution >= 0.6 is 11.6 Å². The lowest BCUT2D eigenvalue weighted by molar-refractivity contribution is -0.138. The summed E-state index contributed by atoms with van der Waals surface area (Å²) in [6.07, 6.45) is -11.4. The highest BCUT2D eigenvalue weighted by Gasteiger charge is 2.34. The van der Waals surface area contributed by atoms with Gasteiger partial charge in [0.15, 0.2) is 0 Å². The van der Waals surface area contributed by atoms with Gasteiger partial charge in [0.1, 0.15) is 5.82 Å². The smallest absolute Gasteiger partial charge is 0.324 e. The number of rotatable bonds is 3. The number of hydrogen-bond donors (Lipinski definition) is 1. The summed E-state index contributed by atoms with van der Waals surface area (Å²) in [5.74, 6) is -1.24. The van der Waals surface area contributed by atoms with Crippen LogP contribution in [0.15, 0.2) is 12.1 Å². The summed E-state index contributed by atoms with van der Waals surface area (Å²) in [5, 5.41) is -0.836. The molecule has 0 aliphatic rings. The van der Waals surface area contributed by atoms with Gasteiger partial charge in [-0.05, 0) is 18.6 Å². The molecular formula is C11H9ClF7N. The largest absolute Gasteiger partial charge is 0.416 e. The van der Waals surface area contributed by atoms with Crippen LogP contribution in [0, 0.1) is 5.82 Å². The van der Waals surface area contributed by atoms with Gasteiger partial charge < -0.3 is 5.73 Å². The van der Waals surface area contributed by atoms with Crippen molar-refractivity contribution in [2.75, 3.05) is 0 Å². The molecule has 1 atom stereocenters. The first kappa shape index (κ1) is 17.0. The fourth-order valence-electron chi connectivity index (χ4n) is 1.52. The molecule has 1 rings (SSSR count). The third kappa shape index (κ3) is 4.52. The molecule has 0 bridgehead atoms. The Morgan fingerprint density at radius 3 is 2.10 bits per heavy atom. The Hall–Kier alpha value is -1.02. The molecule has 9 heteroatoms. The summed E-state index contributed by atoms with van der Waals surface area (Å²) < 4.78 is 87.2. The van der Waals surface area contributed by atoms with Gasteiger partial charge in [0.05, 0.1) is 10.6 Å². The van der Waals surface area contributed by atoms with Gasteiger partial charge in [-0.3, -0.25) is 0 Å². The molecule has 2 N–H and O–H groups in total. The van der Waals surface area contributed by atoms with E-state index >= 15 is 0 Å². The molecule has 0 aliphatic carbocycles. The maximum Gasteiger partial charge on any atom is 0.416 e. The van der Waals surface area contributed by atoms with E-state index in [1.807, 2.05) is 0 Å². The van der Waals surface area contributed by atoms with Crippen molar-refractivity contribution < 1.29 is 30.7 Å². The van der Waals surface area contributed by atoms with Crippen LogP contribution in [0.25, 0.3) is 0 Å². The van der Waals surface area contributed by atoms with Crippen molar-refractivity contribution >= 4 is 11.6 Å². The average molecular weight is 324 g/mol. The summed E-state index contributed by atoms with van der Waals surface area (Å²) in [6.45, 7) is 0. The van der Waals surface area contributed by atoms with Gasteiger partial charge in [-0.15, -0.1) is 0 Å². The lowest BCUT2D eigenvalue weighted by Gasteiger charge is -2.17. The Labute approximate surface area is 114 Å². The molecule has 0 aliphatic heterocycles. The van der Waals surface area contributed by atoms with Crippen LogP contribution in [0.3, 0.4) is 0 Å². The lowest BCUT2D eigenvalue weighted by Crippen LogP contribution is -2.18. The van der Waals surface area contributed by atoms with Gasteiger partial charge in [-0.1, -0.05) is 11.6 Å². The van der Waals surface area contributed by atoms with Crippen molar-refractivity contribution in [1.29, 1.82) is 0 Å². The number of halogens is 8. The highest BCUT2D eigenvalue weighted by Crippen LogP contribution is 2.36. The second kappa shape index (κ2) is 5.77. The highest BCUT2D eigenvalue weighted by molar-refractivity contribution is 6.30. The van der Waals surface area contributed by atoms with Crippen molar-refractivity contribution in [3.8, 4) is 0 Å². The SMILES string of the molecule is N[C@H](CCC(F)(F)F)c1cc(C(F)(F)F)cc(Cl)c1F. The molecule has 20 heavy (non-hydrogen) atoms. The van der Waals surface area contributed by atoms with E-state index in [2.05, 4.69) is 0 Å². The monoisotopic (exact) mass is 323 g/mol. The normalized spacial score (nSPS) is 14.4. The van der Waals surface area contributed by atoms with E-state index in [1.54, 1.807) is 0 Å². The van der Waals surface area contributed by atoms with Crippen molar-refractivity contribution in [3.63, 3.8) is 0 Å². The summed E-state index contributed by atoms with van der Waals surface area (Å²) >= 11 is 5.31. The Morgan fingerprint density at radius 2 is 1.65 bits per heavy atom. The molecule has 1 nitrogen and oxygen atoms in total. The summed E-state index contributed by atoms with van der Waals surface area (Å²) in [7, 11) is 0. The molecular weight excluding hydrogens is 315 g/mol. The Balaban J connectivity index is 3.07. The maximum absolute atomic E-state index is 13.6. The molecule has 0 amide bonds. The second-order valence-corrected chi connectivity index (χ2v) is 4.53. The minimum Gasteiger partial charge on any atom is -0.324 e. The number of hydrogen-bond acceptors (Lipinski definition) is 1. The maximum atomic E-state index is 13.6. The van der Waals surface area contributed by atoms with Crippen LogP contribution in [-0.2, 0) is 6.18 Å². The first-order valence-electron chi connectivity index (χ1n) is 5.30. The first-order chi connectivity index (χ1) is 8.92. The molecule has 0 radical (unpaired) electrons. The molecule has 0 saturated carbocycles. The minimum absolute atomic E-state index is 0.358. The zero-order valence-corrected chi connectivity index (χ0v) is 10.5. The predicted molar refractivity (Wildman–Crippen MR) is 58.6 cm³/mol. The number of benzene rings is 1. The molecule has 0 saturated heterocycles. The van der Waals surface area contributed by atoms with Crippen molar-refractivity contribution in [2.24, 2.45) is 5.73 Å². The summed E-state index contributed by atoms with van der Waals surface area (Å²) in [5.41, 5.74) is 3.37. The van der Waals surface area contributed by atoms with E-state index in [1.165, 1.54) is 0 Å². The minimum atomic E-state index is -4.80. The van der Waals surface area contributed by atoms with Gasteiger partial charge in [-0.2, -0.15) is 26.3 Å². The Morgan fingerprint density at radius 1 is 1.10 bits per heavy atom. The standard InChI is InChI=1S/C11H9ClF7N/c12-7-4-5(11(17,18)19)3-6(9(7)13)8(20)1-2-10(14,15)16/h3-4,8H,1-2,20H2/t8-/m1/s1. The van der Waals surface area contributed by atoms with Gasteiger partial charge in [-0.25, -0.2) is 4.39 Å². The van der Waals surface area contributed by atoms with Gasteiger partial charge in [0.2, 0.25) is 0 Å². The molecule has 114 valence electrons. The second-order valence-electron chi connectivity index (χ2n) is 4.12. The van der Waals surface area contributed by atoms with Crippen LogP contribution in [0.5, 0.6) is 0 Å². The van der Waals surface area contributed by atoms with E-state index in [0.717, 1.165) is 0 Å². The summed E-state index contributed by atoms with van der Waals surface area (Å²) in [4.78, 5) is 0. The third-order valence-electron chi connectivity index (χ3n) is 2.52. The van der Waals surface area contributed by atoms with Crippen LogP contribution in [0.1, 0.15) is 30.0 Å². The number of nitrogens with two attached hydrogens (primary N) is 1. The average Bonchev–Trinajstić information content (AvgIpc) is 2.27. The van der Waals surface area contributed by atoms with Crippen molar-refractivity contribution in [1.82, 2.24) is 0 Å². The lowest BCUT2D eigenvalue weighted by atomic mass is 9.99. The molecule has 0 fully saturated rings. The Bertz CT molecular complexity index is 481. The predicted octanol–water partition coefficient (Wildman–Crippen LogP) is 4.84. The third-order valence-corrected chi connectivity index (χ3v) is 2.80. The van der Waals surface area contributed by atoms with Gasteiger partial charge in [0, 0.05) is 18.0 Å². The topological polar surface area (TPSA) is 26.0 Å². The van der Waals surface area contributed by atoms with E-state index in [-0.39, 0.29) is 0 Å². The van der Waals surface area contributed by atoms with Crippen molar-refractivity contribution in [2.45, 2.75) is 31.2 Å². The van der Waals surface area contributed by atoms with Crippen LogP contribution in [0.4, 0.5) is 30.7 Å². The zero-order valence-electron chi connectivity index (χ0n) is 9.75. The number of alkyl halides is 6. The van der Waals surface area contributed by atoms with Crippen LogP contribution in [0.2, 0.25) is 5.02 Å². The molecule has 1 aromatic rings. The van der Waals surface area contributed by atoms with Gasteiger partial charge >= 0.3 is 12.4 Å². The van der Waals surface area contributed by atoms with E-state index < -0.39 is 53.2 Å². The molecule has 0 spiro atoms. The van der Waals surface area contributed by atoms with E-state index in [4.69, 9.17) is 17.3 Å². The van der Waals surface area contributed by atoms with Gasteiger partial charge in [0.25, 0.3) is 0 Å².